The van der Waals surface area contributed by atoms with Gasteiger partial charge in [0.05, 0.1) is 17.1 Å². The van der Waals surface area contributed by atoms with Crippen molar-refractivity contribution in [2.45, 2.75) is 25.8 Å². The normalized spacial score (nSPS) is 17.1. The van der Waals surface area contributed by atoms with E-state index in [1.165, 1.54) is 17.7 Å². The number of thiophene rings is 1. The van der Waals surface area contributed by atoms with Crippen molar-refractivity contribution >= 4 is 34.3 Å². The highest BCUT2D eigenvalue weighted by Crippen LogP contribution is 2.29. The maximum absolute atomic E-state index is 12.4. The molecule has 4 rings (SSSR count). The minimum atomic E-state index is -0.235. The van der Waals surface area contributed by atoms with Crippen LogP contribution in [0.2, 0.25) is 0 Å². The molecule has 1 fully saturated rings. The van der Waals surface area contributed by atoms with E-state index >= 15 is 0 Å². The Bertz CT molecular complexity index is 850. The van der Waals surface area contributed by atoms with Gasteiger partial charge in [-0.2, -0.15) is 0 Å². The van der Waals surface area contributed by atoms with Crippen molar-refractivity contribution in [3.8, 4) is 0 Å². The van der Waals surface area contributed by atoms with Gasteiger partial charge < -0.3 is 10.3 Å². The molecule has 7 heteroatoms. The second kappa shape index (κ2) is 8.10. The third-order valence-electron chi connectivity index (χ3n) is 5.21. The lowest BCUT2D eigenvalue weighted by Crippen LogP contribution is -2.42. The summed E-state index contributed by atoms with van der Waals surface area (Å²) in [6, 6.07) is 11.9. The molecular weight excluding hydrogens is 358 g/mol. The number of benzene rings is 1. The molecule has 0 aliphatic carbocycles. The summed E-state index contributed by atoms with van der Waals surface area (Å²) in [4.78, 5) is 23.7. The van der Waals surface area contributed by atoms with E-state index < -0.39 is 0 Å². The molecule has 0 bridgehead atoms. The van der Waals surface area contributed by atoms with E-state index in [-0.39, 0.29) is 12.1 Å². The van der Waals surface area contributed by atoms with Gasteiger partial charge in [-0.3, -0.25) is 10.2 Å². The fourth-order valence-corrected chi connectivity index (χ4v) is 4.44. The number of amides is 2. The van der Waals surface area contributed by atoms with Crippen LogP contribution in [-0.2, 0) is 0 Å². The molecule has 1 aliphatic rings. The zero-order valence-corrected chi connectivity index (χ0v) is 16.3. The van der Waals surface area contributed by atoms with Crippen LogP contribution < -0.4 is 10.6 Å². The van der Waals surface area contributed by atoms with Crippen molar-refractivity contribution in [2.24, 2.45) is 5.92 Å². The molecule has 3 N–H and O–H groups in total. The summed E-state index contributed by atoms with van der Waals surface area (Å²) in [6.45, 7) is 5.06. The average molecular weight is 384 g/mol. The van der Waals surface area contributed by atoms with Crippen LogP contribution in [0, 0.1) is 5.92 Å². The predicted molar refractivity (Wildman–Crippen MR) is 110 cm³/mol. The molecule has 27 heavy (non-hydrogen) atoms. The lowest BCUT2D eigenvalue weighted by Gasteiger charge is -2.36. The fourth-order valence-electron chi connectivity index (χ4n) is 3.58. The molecule has 1 aliphatic heterocycles. The van der Waals surface area contributed by atoms with Crippen LogP contribution in [0.3, 0.4) is 0 Å². The van der Waals surface area contributed by atoms with Gasteiger partial charge in [-0.05, 0) is 55.4 Å². The maximum Gasteiger partial charge on any atom is 0.321 e. The summed E-state index contributed by atoms with van der Waals surface area (Å²) in [6.07, 6.45) is 2.43. The van der Waals surface area contributed by atoms with Gasteiger partial charge in [0.25, 0.3) is 0 Å². The van der Waals surface area contributed by atoms with Crippen molar-refractivity contribution in [2.75, 3.05) is 25.0 Å². The number of rotatable bonds is 5. The summed E-state index contributed by atoms with van der Waals surface area (Å²) in [5, 5.41) is 7.94. The monoisotopic (exact) mass is 383 g/mol. The number of piperidine rings is 1. The molecule has 2 aromatic heterocycles. The highest BCUT2D eigenvalue weighted by atomic mass is 32.1. The van der Waals surface area contributed by atoms with E-state index in [4.69, 9.17) is 0 Å². The molecule has 0 saturated carbocycles. The lowest BCUT2D eigenvalue weighted by molar-refractivity contribution is 0.138. The number of carbonyl (C=O) groups is 1. The summed E-state index contributed by atoms with van der Waals surface area (Å²) >= 11 is 1.75. The van der Waals surface area contributed by atoms with Crippen LogP contribution in [0.4, 0.5) is 10.7 Å². The summed E-state index contributed by atoms with van der Waals surface area (Å²) in [5.41, 5.74) is 1.75. The molecule has 0 radical (unpaired) electrons. The Morgan fingerprint density at radius 1 is 1.30 bits per heavy atom. The largest absolute Gasteiger partial charge is 0.336 e. The lowest BCUT2D eigenvalue weighted by atomic mass is 9.97. The Morgan fingerprint density at radius 2 is 2.11 bits per heavy atom. The fraction of sp³-hybridized carbons (Fsp3) is 0.400. The number of likely N-dealkylation sites (tertiary alicyclic amines) is 1. The highest BCUT2D eigenvalue weighted by Gasteiger charge is 2.25. The number of imidazole rings is 1. The molecule has 0 unspecified atom stereocenters. The molecule has 3 aromatic rings. The zero-order valence-electron chi connectivity index (χ0n) is 15.4. The molecule has 6 nitrogen and oxygen atoms in total. The van der Waals surface area contributed by atoms with Crippen LogP contribution in [0.1, 0.15) is 30.7 Å². The number of aromatic amines is 1. The van der Waals surface area contributed by atoms with Gasteiger partial charge in [0, 0.05) is 11.4 Å². The molecule has 1 atom stereocenters. The van der Waals surface area contributed by atoms with Gasteiger partial charge in [0.1, 0.15) is 0 Å². The Kier molecular flexibility index (Phi) is 5.40. The zero-order chi connectivity index (χ0) is 18.6. The topological polar surface area (TPSA) is 73.1 Å². The van der Waals surface area contributed by atoms with Crippen molar-refractivity contribution in [3.05, 3.63) is 46.7 Å². The van der Waals surface area contributed by atoms with Crippen molar-refractivity contribution in [3.63, 3.8) is 0 Å². The third-order valence-corrected chi connectivity index (χ3v) is 6.18. The first kappa shape index (κ1) is 18.0. The smallest absolute Gasteiger partial charge is 0.321 e. The number of carbonyl (C=O) groups excluding carboxylic acids is 1. The van der Waals surface area contributed by atoms with E-state index in [1.54, 1.807) is 11.3 Å². The van der Waals surface area contributed by atoms with Crippen LogP contribution in [0.25, 0.3) is 11.0 Å². The van der Waals surface area contributed by atoms with Crippen molar-refractivity contribution < 1.29 is 4.79 Å². The van der Waals surface area contributed by atoms with E-state index in [0.717, 1.165) is 30.0 Å². The van der Waals surface area contributed by atoms with Crippen molar-refractivity contribution in [1.29, 1.82) is 0 Å². The first-order chi connectivity index (χ1) is 13.2. The standard InChI is InChI=1S/C20H25N5OS/c1-14-8-10-25(11-9-14)17(18-7-4-12-27-18)13-21-20(26)24-19-22-15-5-2-3-6-16(15)23-19/h2-7,12,14,17H,8-11,13H2,1H3,(H3,21,22,23,24,26)/t17-/m1/s1. The first-order valence-corrected chi connectivity index (χ1v) is 10.3. The van der Waals surface area contributed by atoms with Crippen LogP contribution in [0.5, 0.6) is 0 Å². The number of para-hydroxylation sites is 2. The summed E-state index contributed by atoms with van der Waals surface area (Å²) in [5.74, 6) is 1.25. The number of hydrogen-bond acceptors (Lipinski definition) is 4. The van der Waals surface area contributed by atoms with Gasteiger partial charge in [-0.25, -0.2) is 9.78 Å². The highest BCUT2D eigenvalue weighted by molar-refractivity contribution is 7.10. The average Bonchev–Trinajstić information content (AvgIpc) is 3.32. The van der Waals surface area contributed by atoms with E-state index in [2.05, 4.69) is 49.9 Å². The van der Waals surface area contributed by atoms with Gasteiger partial charge in [0.15, 0.2) is 0 Å². The number of fused-ring (bicyclic) bond motifs is 1. The Morgan fingerprint density at radius 3 is 2.85 bits per heavy atom. The van der Waals surface area contributed by atoms with E-state index in [0.29, 0.717) is 12.5 Å². The molecular formula is C20H25N5OS. The molecule has 1 aromatic carbocycles. The summed E-state index contributed by atoms with van der Waals surface area (Å²) < 4.78 is 0. The van der Waals surface area contributed by atoms with Gasteiger partial charge in [0.2, 0.25) is 5.95 Å². The van der Waals surface area contributed by atoms with E-state index in [9.17, 15) is 4.79 Å². The second-order valence-corrected chi connectivity index (χ2v) is 8.17. The molecule has 1 saturated heterocycles. The Labute approximate surface area is 163 Å². The number of nitrogens with one attached hydrogen (secondary N) is 3. The minimum absolute atomic E-state index is 0.221. The van der Waals surface area contributed by atoms with Crippen LogP contribution in [-0.4, -0.2) is 40.5 Å². The number of H-pyrrole nitrogens is 1. The predicted octanol–water partition coefficient (Wildman–Crippen LogP) is 4.22. The Hall–Kier alpha value is -2.38. The Balaban J connectivity index is 1.38. The second-order valence-electron chi connectivity index (χ2n) is 7.19. The number of urea groups is 1. The van der Waals surface area contributed by atoms with Crippen LogP contribution >= 0.6 is 11.3 Å². The summed E-state index contributed by atoms with van der Waals surface area (Å²) in [7, 11) is 0. The quantitative estimate of drug-likeness (QED) is 0.618. The molecule has 142 valence electrons. The number of aromatic nitrogens is 2. The van der Waals surface area contributed by atoms with Crippen LogP contribution in [0.15, 0.2) is 41.8 Å². The number of nitrogens with zero attached hydrogens (tertiary/aromatic N) is 2. The molecule has 3 heterocycles. The van der Waals surface area contributed by atoms with Gasteiger partial charge in [-0.1, -0.05) is 25.1 Å². The number of hydrogen-bond donors (Lipinski definition) is 3. The number of anilines is 1. The molecule has 0 spiro atoms. The molecule has 2 amide bonds. The van der Waals surface area contributed by atoms with E-state index in [1.807, 2.05) is 24.3 Å². The third kappa shape index (κ3) is 4.31. The van der Waals surface area contributed by atoms with Crippen molar-refractivity contribution in [1.82, 2.24) is 20.2 Å². The SMILES string of the molecule is CC1CCN([C@H](CNC(=O)Nc2nc3ccccc3[nH]2)c2cccs2)CC1. The van der Waals surface area contributed by atoms with Gasteiger partial charge in [-0.15, -0.1) is 11.3 Å². The maximum atomic E-state index is 12.4. The van der Waals surface area contributed by atoms with Gasteiger partial charge >= 0.3 is 6.03 Å². The minimum Gasteiger partial charge on any atom is -0.336 e. The first-order valence-electron chi connectivity index (χ1n) is 9.46.